The Morgan fingerprint density at radius 2 is 2.28 bits per heavy atom. The van der Waals surface area contributed by atoms with E-state index >= 15 is 0 Å². The maximum atomic E-state index is 10.1. The molecule has 1 N–H and O–H groups in total. The van der Waals surface area contributed by atoms with Crippen LogP contribution in [0.15, 0.2) is 23.0 Å². The molecule has 18 heavy (non-hydrogen) atoms. The average molecular weight is 252 g/mol. The van der Waals surface area contributed by atoms with Gasteiger partial charge in [-0.3, -0.25) is 0 Å². The van der Waals surface area contributed by atoms with Gasteiger partial charge in [0.25, 0.3) is 0 Å². The first-order valence-corrected chi connectivity index (χ1v) is 6.86. The number of aliphatic hydroxyl groups excluding tert-OH is 1. The molecular formula is C15H24O3. The summed E-state index contributed by atoms with van der Waals surface area (Å²) in [4.78, 5) is 0. The van der Waals surface area contributed by atoms with E-state index in [0.29, 0.717) is 5.92 Å². The van der Waals surface area contributed by atoms with Crippen molar-refractivity contribution in [3.63, 3.8) is 0 Å². The summed E-state index contributed by atoms with van der Waals surface area (Å²) in [5.41, 5.74) is 0.910. The zero-order valence-corrected chi connectivity index (χ0v) is 11.6. The zero-order valence-electron chi connectivity index (χ0n) is 11.6. The zero-order chi connectivity index (χ0) is 13.2. The molecule has 0 unspecified atom stereocenters. The summed E-state index contributed by atoms with van der Waals surface area (Å²) in [5.74, 6) is 0.523. The van der Waals surface area contributed by atoms with Crippen molar-refractivity contribution in [3.8, 4) is 0 Å². The second-order valence-electron chi connectivity index (χ2n) is 6.14. The van der Waals surface area contributed by atoms with Crippen LogP contribution in [0.5, 0.6) is 0 Å². The second kappa shape index (κ2) is 5.45. The van der Waals surface area contributed by atoms with Crippen LogP contribution in [0, 0.1) is 5.92 Å². The van der Waals surface area contributed by atoms with Crippen LogP contribution >= 0.6 is 0 Å². The van der Waals surface area contributed by atoms with Gasteiger partial charge in [-0.1, -0.05) is 13.8 Å². The predicted octanol–water partition coefficient (Wildman–Crippen LogP) is 3.69. The van der Waals surface area contributed by atoms with Gasteiger partial charge in [-0.15, -0.1) is 0 Å². The Bertz CT molecular complexity index is 358. The highest BCUT2D eigenvalue weighted by Gasteiger charge is 2.38. The van der Waals surface area contributed by atoms with Crippen LogP contribution in [-0.4, -0.2) is 16.8 Å². The fourth-order valence-corrected chi connectivity index (χ4v) is 2.87. The molecule has 3 atom stereocenters. The van der Waals surface area contributed by atoms with Gasteiger partial charge in [0.1, 0.15) is 0 Å². The predicted molar refractivity (Wildman–Crippen MR) is 70.3 cm³/mol. The minimum absolute atomic E-state index is 0.125. The van der Waals surface area contributed by atoms with Crippen molar-refractivity contribution >= 4 is 0 Å². The molecule has 2 rings (SSSR count). The normalized spacial score (nSPS) is 29.9. The van der Waals surface area contributed by atoms with Crippen LogP contribution in [0.3, 0.4) is 0 Å². The fourth-order valence-electron chi connectivity index (χ4n) is 2.87. The number of rotatable bonds is 5. The van der Waals surface area contributed by atoms with Crippen LogP contribution in [0.2, 0.25) is 0 Å². The molecule has 102 valence electrons. The Morgan fingerprint density at radius 1 is 1.50 bits per heavy atom. The first-order chi connectivity index (χ1) is 8.48. The third kappa shape index (κ3) is 3.36. The summed E-state index contributed by atoms with van der Waals surface area (Å²) in [6.07, 6.45) is 6.86. The van der Waals surface area contributed by atoms with Crippen molar-refractivity contribution in [2.75, 3.05) is 0 Å². The van der Waals surface area contributed by atoms with E-state index in [1.54, 1.807) is 12.5 Å². The molecule has 1 saturated heterocycles. The van der Waals surface area contributed by atoms with Crippen molar-refractivity contribution in [1.82, 2.24) is 0 Å². The molecule has 1 aromatic heterocycles. The third-order valence-corrected chi connectivity index (χ3v) is 3.69. The van der Waals surface area contributed by atoms with Gasteiger partial charge in [0.05, 0.1) is 30.3 Å². The summed E-state index contributed by atoms with van der Waals surface area (Å²) in [7, 11) is 0. The van der Waals surface area contributed by atoms with Crippen LogP contribution in [-0.2, 0) is 4.74 Å². The Balaban J connectivity index is 1.90. The number of furan rings is 1. The van der Waals surface area contributed by atoms with Gasteiger partial charge in [0.15, 0.2) is 0 Å². The summed E-state index contributed by atoms with van der Waals surface area (Å²) in [6, 6.07) is 1.96. The Labute approximate surface area is 109 Å². The highest BCUT2D eigenvalue weighted by molar-refractivity contribution is 5.12. The van der Waals surface area contributed by atoms with Gasteiger partial charge in [-0.25, -0.2) is 0 Å². The summed E-state index contributed by atoms with van der Waals surface area (Å²) in [5, 5.41) is 10.1. The SMILES string of the molecule is CC(C)C[C@@H](O)C[C@@]1(C)CC[C@H](c2ccoc2)O1. The maximum absolute atomic E-state index is 10.1. The van der Waals surface area contributed by atoms with Gasteiger partial charge >= 0.3 is 0 Å². The molecule has 0 aromatic carbocycles. The lowest BCUT2D eigenvalue weighted by Gasteiger charge is -2.28. The average Bonchev–Trinajstić information content (AvgIpc) is 2.84. The lowest BCUT2D eigenvalue weighted by Crippen LogP contribution is -2.30. The molecule has 0 radical (unpaired) electrons. The molecule has 1 aromatic rings. The molecule has 0 bridgehead atoms. The van der Waals surface area contributed by atoms with Crippen LogP contribution in [0.25, 0.3) is 0 Å². The highest BCUT2D eigenvalue weighted by Crippen LogP contribution is 2.42. The van der Waals surface area contributed by atoms with Crippen molar-refractivity contribution in [3.05, 3.63) is 24.2 Å². The molecule has 0 spiro atoms. The van der Waals surface area contributed by atoms with E-state index in [1.807, 2.05) is 6.07 Å². The number of hydrogen-bond acceptors (Lipinski definition) is 3. The van der Waals surface area contributed by atoms with Crippen molar-refractivity contribution in [1.29, 1.82) is 0 Å². The number of ether oxygens (including phenoxy) is 1. The fraction of sp³-hybridized carbons (Fsp3) is 0.733. The molecule has 3 nitrogen and oxygen atoms in total. The highest BCUT2D eigenvalue weighted by atomic mass is 16.5. The largest absolute Gasteiger partial charge is 0.472 e. The van der Waals surface area contributed by atoms with Crippen LogP contribution < -0.4 is 0 Å². The van der Waals surface area contributed by atoms with Crippen LogP contribution in [0.4, 0.5) is 0 Å². The van der Waals surface area contributed by atoms with E-state index in [2.05, 4.69) is 20.8 Å². The summed E-state index contributed by atoms with van der Waals surface area (Å²) >= 11 is 0. The number of aliphatic hydroxyl groups is 1. The maximum Gasteiger partial charge on any atom is 0.0960 e. The molecular weight excluding hydrogens is 228 g/mol. The van der Waals surface area contributed by atoms with E-state index in [1.165, 1.54) is 0 Å². The van der Waals surface area contributed by atoms with E-state index in [4.69, 9.17) is 9.15 Å². The number of hydrogen-bond donors (Lipinski definition) is 1. The molecule has 0 amide bonds. The van der Waals surface area contributed by atoms with Gasteiger partial charge in [0, 0.05) is 12.0 Å². The van der Waals surface area contributed by atoms with Crippen LogP contribution in [0.1, 0.15) is 58.1 Å². The summed E-state index contributed by atoms with van der Waals surface area (Å²) < 4.78 is 11.2. The van der Waals surface area contributed by atoms with E-state index < -0.39 is 0 Å². The van der Waals surface area contributed by atoms with Crippen molar-refractivity contribution in [2.45, 2.75) is 64.3 Å². The Morgan fingerprint density at radius 3 is 2.89 bits per heavy atom. The van der Waals surface area contributed by atoms with E-state index in [9.17, 15) is 5.11 Å². The quantitative estimate of drug-likeness (QED) is 0.869. The van der Waals surface area contributed by atoms with Gasteiger partial charge in [0.2, 0.25) is 0 Å². The van der Waals surface area contributed by atoms with Crippen molar-refractivity contribution < 1.29 is 14.3 Å². The Kier molecular flexibility index (Phi) is 4.13. The van der Waals surface area contributed by atoms with Gasteiger partial charge < -0.3 is 14.3 Å². The topological polar surface area (TPSA) is 42.6 Å². The molecule has 1 fully saturated rings. The standard InChI is InChI=1S/C15H24O3/c1-11(2)8-13(16)9-15(3)6-4-14(18-15)12-5-7-17-10-12/h5,7,10-11,13-14,16H,4,6,8-9H2,1-3H3/t13-,14-,15-/m1/s1. The lowest BCUT2D eigenvalue weighted by atomic mass is 9.91. The molecule has 2 heterocycles. The first-order valence-electron chi connectivity index (χ1n) is 6.86. The monoisotopic (exact) mass is 252 g/mol. The molecule has 0 saturated carbocycles. The lowest BCUT2D eigenvalue weighted by molar-refractivity contribution is -0.0602. The first kappa shape index (κ1) is 13.6. The van der Waals surface area contributed by atoms with Gasteiger partial charge in [-0.2, -0.15) is 0 Å². The van der Waals surface area contributed by atoms with E-state index in [-0.39, 0.29) is 17.8 Å². The summed E-state index contributed by atoms with van der Waals surface area (Å²) in [6.45, 7) is 6.38. The minimum atomic E-state index is -0.266. The smallest absolute Gasteiger partial charge is 0.0960 e. The van der Waals surface area contributed by atoms with E-state index in [0.717, 1.165) is 31.2 Å². The molecule has 3 heteroatoms. The molecule has 1 aliphatic heterocycles. The molecule has 0 aliphatic carbocycles. The third-order valence-electron chi connectivity index (χ3n) is 3.69. The Hall–Kier alpha value is -0.800. The minimum Gasteiger partial charge on any atom is -0.472 e. The van der Waals surface area contributed by atoms with Gasteiger partial charge in [-0.05, 0) is 38.2 Å². The van der Waals surface area contributed by atoms with Crippen molar-refractivity contribution in [2.24, 2.45) is 5.92 Å². The second-order valence-corrected chi connectivity index (χ2v) is 6.14. The molecule has 1 aliphatic rings.